The summed E-state index contributed by atoms with van der Waals surface area (Å²) < 4.78 is 5.11. The van der Waals surface area contributed by atoms with Gasteiger partial charge < -0.3 is 21.5 Å². The zero-order chi connectivity index (χ0) is 13.0. The first-order valence-corrected chi connectivity index (χ1v) is 5.71. The van der Waals surface area contributed by atoms with Gasteiger partial charge >= 0.3 is 0 Å². The Hall–Kier alpha value is -2.36. The summed E-state index contributed by atoms with van der Waals surface area (Å²) in [6.07, 6.45) is 0. The van der Waals surface area contributed by atoms with E-state index in [9.17, 15) is 0 Å². The van der Waals surface area contributed by atoms with E-state index in [4.69, 9.17) is 16.2 Å². The number of rotatable bonds is 4. The van der Waals surface area contributed by atoms with Gasteiger partial charge in [0.15, 0.2) is 0 Å². The van der Waals surface area contributed by atoms with Crippen molar-refractivity contribution in [2.45, 2.75) is 6.54 Å². The number of benzene rings is 2. The second-order valence-corrected chi connectivity index (χ2v) is 4.05. The molecule has 4 heteroatoms. The van der Waals surface area contributed by atoms with E-state index in [0.717, 1.165) is 17.9 Å². The summed E-state index contributed by atoms with van der Waals surface area (Å²) in [5, 5.41) is 3.30. The maximum Gasteiger partial charge on any atom is 0.141 e. The van der Waals surface area contributed by atoms with Crippen LogP contribution in [0, 0.1) is 0 Å². The minimum absolute atomic E-state index is 0.625. The van der Waals surface area contributed by atoms with Crippen LogP contribution < -0.4 is 21.5 Å². The lowest BCUT2D eigenvalue weighted by Gasteiger charge is -2.10. The van der Waals surface area contributed by atoms with Gasteiger partial charge in [-0.25, -0.2) is 0 Å². The van der Waals surface area contributed by atoms with Crippen LogP contribution in [0.3, 0.4) is 0 Å². The highest BCUT2D eigenvalue weighted by molar-refractivity contribution is 5.62. The molecule has 0 fully saturated rings. The molecule has 0 unspecified atom stereocenters. The molecule has 0 spiro atoms. The summed E-state index contributed by atoms with van der Waals surface area (Å²) >= 11 is 0. The van der Waals surface area contributed by atoms with Crippen molar-refractivity contribution in [2.75, 3.05) is 23.9 Å². The average molecular weight is 243 g/mol. The Morgan fingerprint density at radius 1 is 1.06 bits per heavy atom. The number of nitrogens with one attached hydrogen (secondary N) is 1. The van der Waals surface area contributed by atoms with Crippen LogP contribution in [-0.4, -0.2) is 7.11 Å². The van der Waals surface area contributed by atoms with Gasteiger partial charge in [-0.05, 0) is 35.9 Å². The van der Waals surface area contributed by atoms with Crippen LogP contribution >= 0.6 is 0 Å². The first-order valence-electron chi connectivity index (χ1n) is 5.71. The van der Waals surface area contributed by atoms with E-state index in [1.807, 2.05) is 42.5 Å². The van der Waals surface area contributed by atoms with E-state index in [-0.39, 0.29) is 0 Å². The minimum Gasteiger partial charge on any atom is -0.495 e. The van der Waals surface area contributed by atoms with E-state index in [1.165, 1.54) is 5.56 Å². The van der Waals surface area contributed by atoms with Crippen LogP contribution in [0.4, 0.5) is 17.1 Å². The van der Waals surface area contributed by atoms with E-state index in [0.29, 0.717) is 11.4 Å². The predicted octanol–water partition coefficient (Wildman–Crippen LogP) is 2.47. The molecule has 18 heavy (non-hydrogen) atoms. The van der Waals surface area contributed by atoms with Crippen LogP contribution in [-0.2, 0) is 6.54 Å². The fourth-order valence-corrected chi connectivity index (χ4v) is 1.68. The molecule has 0 atom stereocenters. The lowest BCUT2D eigenvalue weighted by atomic mass is 10.2. The summed E-state index contributed by atoms with van der Waals surface area (Å²) in [5.74, 6) is 0.688. The minimum atomic E-state index is 0.625. The van der Waals surface area contributed by atoms with Gasteiger partial charge in [0.25, 0.3) is 0 Å². The molecule has 0 bridgehead atoms. The largest absolute Gasteiger partial charge is 0.495 e. The van der Waals surface area contributed by atoms with Gasteiger partial charge in [-0.15, -0.1) is 0 Å². The third kappa shape index (κ3) is 2.85. The molecular weight excluding hydrogens is 226 g/mol. The van der Waals surface area contributed by atoms with Gasteiger partial charge in [-0.2, -0.15) is 0 Å². The van der Waals surface area contributed by atoms with Crippen molar-refractivity contribution in [1.82, 2.24) is 0 Å². The molecule has 0 aliphatic heterocycles. The summed E-state index contributed by atoms with van der Waals surface area (Å²) in [7, 11) is 1.60. The van der Waals surface area contributed by atoms with E-state index >= 15 is 0 Å². The molecule has 2 aromatic rings. The molecule has 0 aromatic heterocycles. The standard InChI is InChI=1S/C14H17N3O/c1-18-14-7-6-12(8-13(14)16)17-9-10-2-4-11(15)5-3-10/h2-8,17H,9,15-16H2,1H3. The van der Waals surface area contributed by atoms with E-state index < -0.39 is 0 Å². The molecule has 2 rings (SSSR count). The van der Waals surface area contributed by atoms with Gasteiger partial charge in [-0.3, -0.25) is 0 Å². The van der Waals surface area contributed by atoms with Gasteiger partial charge in [0.2, 0.25) is 0 Å². The number of nitrogen functional groups attached to an aromatic ring is 2. The highest BCUT2D eigenvalue weighted by Crippen LogP contribution is 2.24. The molecule has 0 saturated heterocycles. The first-order chi connectivity index (χ1) is 8.69. The summed E-state index contributed by atoms with van der Waals surface area (Å²) in [4.78, 5) is 0. The number of hydrogen-bond acceptors (Lipinski definition) is 4. The molecule has 4 nitrogen and oxygen atoms in total. The van der Waals surface area contributed by atoms with Crippen molar-refractivity contribution in [3.05, 3.63) is 48.0 Å². The molecule has 0 aliphatic rings. The maximum absolute atomic E-state index is 5.84. The Balaban J connectivity index is 2.02. The van der Waals surface area contributed by atoms with Crippen molar-refractivity contribution in [3.63, 3.8) is 0 Å². The Bertz CT molecular complexity index is 523. The number of hydrogen-bond donors (Lipinski definition) is 3. The van der Waals surface area contributed by atoms with Crippen molar-refractivity contribution >= 4 is 17.1 Å². The van der Waals surface area contributed by atoms with Crippen molar-refractivity contribution in [2.24, 2.45) is 0 Å². The third-order valence-electron chi connectivity index (χ3n) is 2.71. The van der Waals surface area contributed by atoms with Crippen LogP contribution in [0.2, 0.25) is 0 Å². The molecule has 0 heterocycles. The van der Waals surface area contributed by atoms with Crippen LogP contribution in [0.25, 0.3) is 0 Å². The molecule has 5 N–H and O–H groups in total. The lowest BCUT2D eigenvalue weighted by Crippen LogP contribution is -2.01. The van der Waals surface area contributed by atoms with E-state index in [2.05, 4.69) is 5.32 Å². The van der Waals surface area contributed by atoms with Crippen LogP contribution in [0.1, 0.15) is 5.56 Å². The Morgan fingerprint density at radius 2 is 1.78 bits per heavy atom. The number of ether oxygens (including phenoxy) is 1. The molecule has 94 valence electrons. The zero-order valence-corrected chi connectivity index (χ0v) is 10.3. The molecule has 0 aliphatic carbocycles. The van der Waals surface area contributed by atoms with Crippen LogP contribution in [0.15, 0.2) is 42.5 Å². The Kier molecular flexibility index (Phi) is 3.57. The smallest absolute Gasteiger partial charge is 0.141 e. The SMILES string of the molecule is COc1ccc(NCc2ccc(N)cc2)cc1N. The van der Waals surface area contributed by atoms with Gasteiger partial charge in [-0.1, -0.05) is 12.1 Å². The van der Waals surface area contributed by atoms with Gasteiger partial charge in [0.1, 0.15) is 5.75 Å². The summed E-state index contributed by atoms with van der Waals surface area (Å²) in [5.41, 5.74) is 15.0. The second-order valence-electron chi connectivity index (χ2n) is 4.05. The lowest BCUT2D eigenvalue weighted by molar-refractivity contribution is 0.417. The highest BCUT2D eigenvalue weighted by atomic mass is 16.5. The fourth-order valence-electron chi connectivity index (χ4n) is 1.68. The molecule has 0 amide bonds. The molecule has 0 radical (unpaired) electrons. The first kappa shape index (κ1) is 12.1. The highest BCUT2D eigenvalue weighted by Gasteiger charge is 2.00. The Morgan fingerprint density at radius 3 is 2.39 bits per heavy atom. The van der Waals surface area contributed by atoms with Crippen molar-refractivity contribution < 1.29 is 4.74 Å². The molecule has 2 aromatic carbocycles. The van der Waals surface area contributed by atoms with Gasteiger partial charge in [0, 0.05) is 17.9 Å². The van der Waals surface area contributed by atoms with Gasteiger partial charge in [0.05, 0.1) is 12.8 Å². The summed E-state index contributed by atoms with van der Waals surface area (Å²) in [6, 6.07) is 13.4. The quantitative estimate of drug-likeness (QED) is 0.721. The maximum atomic E-state index is 5.84. The topological polar surface area (TPSA) is 73.3 Å². The van der Waals surface area contributed by atoms with Crippen molar-refractivity contribution in [1.29, 1.82) is 0 Å². The third-order valence-corrected chi connectivity index (χ3v) is 2.71. The summed E-state index contributed by atoms with van der Waals surface area (Å²) in [6.45, 7) is 0.728. The molecular formula is C14H17N3O. The fraction of sp³-hybridized carbons (Fsp3) is 0.143. The zero-order valence-electron chi connectivity index (χ0n) is 10.3. The Labute approximate surface area is 107 Å². The normalized spacial score (nSPS) is 10.1. The monoisotopic (exact) mass is 243 g/mol. The second kappa shape index (κ2) is 5.31. The predicted molar refractivity (Wildman–Crippen MR) is 75.6 cm³/mol. The van der Waals surface area contributed by atoms with Crippen molar-refractivity contribution in [3.8, 4) is 5.75 Å². The molecule has 0 saturated carbocycles. The van der Waals surface area contributed by atoms with E-state index in [1.54, 1.807) is 7.11 Å². The number of nitrogens with two attached hydrogens (primary N) is 2. The number of methoxy groups -OCH3 is 1. The average Bonchev–Trinajstić information content (AvgIpc) is 2.38. The number of anilines is 3. The van der Waals surface area contributed by atoms with Crippen LogP contribution in [0.5, 0.6) is 5.75 Å².